The molecule has 21 valence electrons. The van der Waals surface area contributed by atoms with Crippen LogP contribution in [0.2, 0.25) is 0 Å². The summed E-state index contributed by atoms with van der Waals surface area (Å²) in [4.78, 5) is 0. The van der Waals surface area contributed by atoms with Crippen LogP contribution in [0.1, 0.15) is 0 Å². The van der Waals surface area contributed by atoms with Crippen LogP contribution in [-0.2, 0) is 0 Å². The van der Waals surface area contributed by atoms with Gasteiger partial charge in [0.05, 0.1) is 0 Å². The third-order valence-corrected chi connectivity index (χ3v) is 1.05. The number of hydrogen-bond donors (Lipinski definition) is 0. The van der Waals surface area contributed by atoms with Crippen molar-refractivity contribution in [3.63, 3.8) is 0 Å². The summed E-state index contributed by atoms with van der Waals surface area (Å²) in [7, 11) is -0.832. The van der Waals surface area contributed by atoms with Crippen LogP contribution in [0, 0.1) is 17.7 Å². The maximum atomic E-state index is 6.27. The topological polar surface area (TPSA) is 4.36 Å². The number of rotatable bonds is 0. The highest BCUT2D eigenvalue weighted by molar-refractivity contribution is 6.88. The normalized spacial score (nSPS) is 15.0. The molecule has 0 spiro atoms. The summed E-state index contributed by atoms with van der Waals surface area (Å²) < 4.78 is 3.13. The van der Waals surface area contributed by atoms with E-state index >= 15 is 0 Å². The largest absolute Gasteiger partial charge is 0.701 e. The van der Waals surface area contributed by atoms with Gasteiger partial charge in [0.2, 0.25) is 0 Å². The van der Waals surface area contributed by atoms with Gasteiger partial charge in [0.1, 0.15) is 0 Å². The molecule has 2 heteroatoms. The highest BCUT2D eigenvalue weighted by atomic mass is 28.3. The van der Waals surface area contributed by atoms with Crippen LogP contribution < -0.4 is 0 Å². The van der Waals surface area contributed by atoms with Gasteiger partial charge >= 0.3 is 8.96 Å². The van der Waals surface area contributed by atoms with Gasteiger partial charge in [0, 0.05) is 0 Å². The third-order valence-electron chi connectivity index (χ3n) is 0.349. The van der Waals surface area contributed by atoms with Gasteiger partial charge in [-0.05, 0) is 11.1 Å². The molecule has 0 aromatic rings. The van der Waals surface area contributed by atoms with Crippen LogP contribution in [0.3, 0.4) is 0 Å². The van der Waals surface area contributed by atoms with Crippen molar-refractivity contribution in [2.45, 2.75) is 0 Å². The molecule has 1 rings (SSSR count). The zero-order chi connectivity index (χ0) is 3.70. The summed E-state index contributed by atoms with van der Waals surface area (Å²) in [6, 6.07) is 0. The molecule has 0 bridgehead atoms. The predicted octanol–water partition coefficient (Wildman–Crippen LogP) is -0.00741. The van der Waals surface area contributed by atoms with Crippen LogP contribution in [-0.4, -0.2) is 8.96 Å². The first-order valence-electron chi connectivity index (χ1n) is 1.20. The highest BCUT2D eigenvalue weighted by Gasteiger charge is 2.27. The van der Waals surface area contributed by atoms with E-state index in [9.17, 15) is 0 Å². The van der Waals surface area contributed by atoms with E-state index in [1.807, 2.05) is 0 Å². The zero-order valence-electron chi connectivity index (χ0n) is 2.45. The van der Waals surface area contributed by atoms with Gasteiger partial charge in [-0.2, -0.15) is 0 Å². The Morgan fingerprint density at radius 3 is 2.20 bits per heavy atom. The minimum atomic E-state index is -0.832. The van der Waals surface area contributed by atoms with Crippen LogP contribution in [0.5, 0.6) is 0 Å². The molecule has 1 aliphatic rings. The second-order valence-corrected chi connectivity index (χ2v) is 2.13. The SMILES string of the molecule is [C-]#[N+][Si]1C#C1. The van der Waals surface area contributed by atoms with Crippen molar-refractivity contribution in [2.24, 2.45) is 0 Å². The molecule has 0 saturated carbocycles. The lowest BCUT2D eigenvalue weighted by Crippen LogP contribution is -1.77. The number of hydrogen-bond acceptors (Lipinski definition) is 0. The molecule has 0 aromatic heterocycles. The highest BCUT2D eigenvalue weighted by Crippen LogP contribution is 1.88. The van der Waals surface area contributed by atoms with E-state index in [-0.39, 0.29) is 0 Å². The quantitative estimate of drug-likeness (QED) is 0.218. The summed E-state index contributed by atoms with van der Waals surface area (Å²) in [6.07, 6.45) is 0. The Morgan fingerprint density at radius 1 is 1.60 bits per heavy atom. The Kier molecular flexibility index (Phi) is 0.303. The monoisotopic (exact) mass is 78.0 g/mol. The maximum Gasteiger partial charge on any atom is 0.701 e. The van der Waals surface area contributed by atoms with Crippen molar-refractivity contribution < 1.29 is 0 Å². The molecule has 1 radical (unpaired) electrons. The minimum absolute atomic E-state index is 0.832. The molecule has 0 saturated heterocycles. The second kappa shape index (κ2) is 0.605. The van der Waals surface area contributed by atoms with Crippen LogP contribution in [0.15, 0.2) is 0 Å². The number of nitrogens with zero attached hydrogens (tertiary/aromatic N) is 1. The smallest absolute Gasteiger partial charge is 0.385 e. The summed E-state index contributed by atoms with van der Waals surface area (Å²) >= 11 is 0. The lowest BCUT2D eigenvalue weighted by molar-refractivity contribution is 2.48. The van der Waals surface area contributed by atoms with Gasteiger partial charge in [-0.1, -0.05) is 0 Å². The lowest BCUT2D eigenvalue weighted by atomic mass is 11.4. The maximum absolute atomic E-state index is 6.27. The fourth-order valence-corrected chi connectivity index (χ4v) is 0.419. The first-order chi connectivity index (χ1) is 2.43. The van der Waals surface area contributed by atoms with Gasteiger partial charge in [-0.15, -0.1) is 0 Å². The predicted molar refractivity (Wildman–Crippen MR) is 20.1 cm³/mol. The van der Waals surface area contributed by atoms with Crippen LogP contribution >= 0.6 is 0 Å². The van der Waals surface area contributed by atoms with E-state index in [0.717, 1.165) is 0 Å². The van der Waals surface area contributed by atoms with E-state index in [1.165, 1.54) is 0 Å². The Balaban J connectivity index is 2.40. The van der Waals surface area contributed by atoms with E-state index in [1.54, 1.807) is 0 Å². The molecule has 1 heterocycles. The van der Waals surface area contributed by atoms with Crippen molar-refractivity contribution in [2.75, 3.05) is 0 Å². The fourth-order valence-electron chi connectivity index (χ4n) is 0.0839. The van der Waals surface area contributed by atoms with E-state index < -0.39 is 8.96 Å². The van der Waals surface area contributed by atoms with E-state index in [0.29, 0.717) is 0 Å². The third kappa shape index (κ3) is 0.288. The van der Waals surface area contributed by atoms with Crippen LogP contribution in [0.25, 0.3) is 4.51 Å². The molecule has 0 amide bonds. The average molecular weight is 78.1 g/mol. The molecule has 0 unspecified atom stereocenters. The van der Waals surface area contributed by atoms with Gasteiger partial charge in [-0.3, -0.25) is 6.57 Å². The van der Waals surface area contributed by atoms with Crippen molar-refractivity contribution in [1.82, 2.24) is 0 Å². The molecule has 1 nitrogen and oxygen atoms in total. The van der Waals surface area contributed by atoms with Crippen molar-refractivity contribution in [3.8, 4) is 11.1 Å². The lowest BCUT2D eigenvalue weighted by Gasteiger charge is -1.49. The summed E-state index contributed by atoms with van der Waals surface area (Å²) in [5, 5.41) is 0. The molecule has 0 N–H and O–H groups in total. The van der Waals surface area contributed by atoms with Gasteiger partial charge in [0.15, 0.2) is 0 Å². The minimum Gasteiger partial charge on any atom is -0.385 e. The summed E-state index contributed by atoms with van der Waals surface area (Å²) in [6.45, 7) is 6.27. The van der Waals surface area contributed by atoms with Gasteiger partial charge in [-0.25, -0.2) is 0 Å². The standard InChI is InChI=1S/C3NSi/c1-4-5-2-3-5. The summed E-state index contributed by atoms with van der Waals surface area (Å²) in [5.74, 6) is 0. The molecular formula is C3NSi. The molecule has 0 fully saturated rings. The van der Waals surface area contributed by atoms with Crippen molar-refractivity contribution >= 4 is 8.96 Å². The Bertz CT molecular complexity index is 125. The van der Waals surface area contributed by atoms with Crippen molar-refractivity contribution in [3.05, 3.63) is 11.1 Å². The Morgan fingerprint density at radius 2 is 2.20 bits per heavy atom. The van der Waals surface area contributed by atoms with Gasteiger partial charge < -0.3 is 4.51 Å². The van der Waals surface area contributed by atoms with E-state index in [4.69, 9.17) is 6.57 Å². The Hall–Kier alpha value is -0.733. The Labute approximate surface area is 32.1 Å². The average Bonchev–Trinajstić information content (AvgIpc) is 2.12. The molecule has 0 aliphatic carbocycles. The fraction of sp³-hybridized carbons (Fsp3) is 0. The summed E-state index contributed by atoms with van der Waals surface area (Å²) in [5.41, 5.74) is 5.36. The van der Waals surface area contributed by atoms with E-state index in [2.05, 4.69) is 15.6 Å². The van der Waals surface area contributed by atoms with Gasteiger partial charge in [0.25, 0.3) is 0 Å². The second-order valence-electron chi connectivity index (χ2n) is 0.710. The molecule has 5 heavy (non-hydrogen) atoms. The van der Waals surface area contributed by atoms with Crippen molar-refractivity contribution in [1.29, 1.82) is 0 Å². The molecule has 0 aromatic carbocycles. The first-order valence-corrected chi connectivity index (χ1v) is 2.64. The molecule has 1 aliphatic heterocycles. The zero-order valence-corrected chi connectivity index (χ0v) is 3.45. The molecule has 0 atom stereocenters. The first kappa shape index (κ1) is 2.50. The van der Waals surface area contributed by atoms with Crippen LogP contribution in [0.4, 0.5) is 0 Å². The molecular weight excluding hydrogens is 78.1 g/mol.